The summed E-state index contributed by atoms with van der Waals surface area (Å²) in [5.74, 6) is -2.94. The van der Waals surface area contributed by atoms with E-state index < -0.39 is 41.1 Å². The van der Waals surface area contributed by atoms with Gasteiger partial charge < -0.3 is 24.4 Å². The third kappa shape index (κ3) is 4.82. The van der Waals surface area contributed by atoms with E-state index in [-0.39, 0.29) is 30.9 Å². The lowest BCUT2D eigenvalue weighted by Crippen LogP contribution is -2.59. The molecule has 0 radical (unpaired) electrons. The number of hydrogen-bond donors (Lipinski definition) is 1. The van der Waals surface area contributed by atoms with Crippen molar-refractivity contribution in [3.8, 4) is 0 Å². The number of fused-ring (bicyclic) bond motifs is 1. The van der Waals surface area contributed by atoms with E-state index in [4.69, 9.17) is 9.47 Å². The molecule has 7 atom stereocenters. The first kappa shape index (κ1) is 29.0. The molecule has 39 heavy (non-hydrogen) atoms. The van der Waals surface area contributed by atoms with Crippen molar-refractivity contribution >= 4 is 17.8 Å². The van der Waals surface area contributed by atoms with E-state index in [9.17, 15) is 19.5 Å². The highest BCUT2D eigenvalue weighted by atomic mass is 16.6. The second kappa shape index (κ2) is 11.6. The van der Waals surface area contributed by atoms with Gasteiger partial charge in [0.2, 0.25) is 11.8 Å². The zero-order chi connectivity index (χ0) is 28.4. The second-order valence-electron chi connectivity index (χ2n) is 11.3. The molecule has 1 aromatic carbocycles. The van der Waals surface area contributed by atoms with Gasteiger partial charge >= 0.3 is 5.97 Å². The molecule has 8 heteroatoms. The fraction of sp³-hybridized carbons (Fsp3) is 0.581. The summed E-state index contributed by atoms with van der Waals surface area (Å²) in [6, 6.07) is 7.94. The molecule has 3 aliphatic rings. The summed E-state index contributed by atoms with van der Waals surface area (Å²) < 4.78 is 12.2. The Labute approximate surface area is 231 Å². The maximum absolute atomic E-state index is 14.4. The standard InChI is InChI=1S/C31H42N2O6/c1-6-9-16-32(15-7-2)28(36)26-31-19-21(4)30(5,39-31)25(29(37)38-17-8-3)24(31)27(35)33(26)23(20-34)18-22-13-11-10-12-14-22/h7-8,10-14,21,23-26,34H,2-3,6,9,15-20H2,1,4-5H3/t21?,23-,24+,25-,26?,30+,31?/m1/s1. The van der Waals surface area contributed by atoms with E-state index in [0.717, 1.165) is 18.4 Å². The Balaban J connectivity index is 1.82. The van der Waals surface area contributed by atoms with Gasteiger partial charge in [0.1, 0.15) is 24.2 Å². The van der Waals surface area contributed by atoms with Crippen LogP contribution in [0.3, 0.4) is 0 Å². The topological polar surface area (TPSA) is 96.4 Å². The highest BCUT2D eigenvalue weighted by molar-refractivity contribution is 5.99. The van der Waals surface area contributed by atoms with Crippen LogP contribution in [-0.2, 0) is 30.3 Å². The molecular weight excluding hydrogens is 496 g/mol. The monoisotopic (exact) mass is 538 g/mol. The molecule has 3 unspecified atom stereocenters. The Kier molecular flexibility index (Phi) is 8.66. The Hall–Kier alpha value is -2.97. The number of nitrogens with zero attached hydrogens (tertiary/aromatic N) is 2. The minimum atomic E-state index is -1.20. The van der Waals surface area contributed by atoms with Crippen LogP contribution in [0.2, 0.25) is 0 Å². The molecular formula is C31H42N2O6. The molecule has 3 fully saturated rings. The van der Waals surface area contributed by atoms with Crippen molar-refractivity contribution in [3.05, 3.63) is 61.2 Å². The molecule has 2 bridgehead atoms. The predicted molar refractivity (Wildman–Crippen MR) is 147 cm³/mol. The third-order valence-electron chi connectivity index (χ3n) is 8.94. The Morgan fingerprint density at radius 3 is 2.62 bits per heavy atom. The summed E-state index contributed by atoms with van der Waals surface area (Å²) in [5, 5.41) is 10.6. The maximum Gasteiger partial charge on any atom is 0.313 e. The highest BCUT2D eigenvalue weighted by Crippen LogP contribution is 2.65. The van der Waals surface area contributed by atoms with Crippen LogP contribution >= 0.6 is 0 Å². The van der Waals surface area contributed by atoms with E-state index in [1.165, 1.54) is 11.0 Å². The molecule has 1 aromatic rings. The number of carbonyl (C=O) groups is 3. The number of hydrogen-bond acceptors (Lipinski definition) is 6. The molecule has 0 aliphatic carbocycles. The van der Waals surface area contributed by atoms with Crippen molar-refractivity contribution in [2.24, 2.45) is 17.8 Å². The first-order chi connectivity index (χ1) is 18.7. The van der Waals surface area contributed by atoms with Crippen LogP contribution < -0.4 is 0 Å². The molecule has 2 amide bonds. The SMILES string of the molecule is C=CCOC(=O)[C@H]1[C@H]2C(=O)N([C@@H](CO)Cc3ccccc3)C(C(=O)N(CC=C)CCCC)C23CC(C)[C@]1(C)O3. The zero-order valence-corrected chi connectivity index (χ0v) is 23.4. The molecule has 1 spiro atoms. The minimum absolute atomic E-state index is 0.0250. The van der Waals surface area contributed by atoms with Gasteiger partial charge in [-0.1, -0.05) is 69.3 Å². The van der Waals surface area contributed by atoms with Gasteiger partial charge in [-0.3, -0.25) is 14.4 Å². The predicted octanol–water partition coefficient (Wildman–Crippen LogP) is 3.14. The maximum atomic E-state index is 14.4. The summed E-state index contributed by atoms with van der Waals surface area (Å²) in [6.45, 7) is 13.9. The zero-order valence-electron chi connectivity index (χ0n) is 23.4. The first-order valence-corrected chi connectivity index (χ1v) is 14.0. The van der Waals surface area contributed by atoms with E-state index in [1.54, 1.807) is 11.0 Å². The van der Waals surface area contributed by atoms with Gasteiger partial charge in [0.15, 0.2) is 0 Å². The van der Waals surface area contributed by atoms with Gasteiger partial charge in [0.05, 0.1) is 24.2 Å². The average Bonchev–Trinajstić information content (AvgIpc) is 3.45. The van der Waals surface area contributed by atoms with Gasteiger partial charge in [0.25, 0.3) is 0 Å². The normalized spacial score (nSPS) is 31.6. The molecule has 212 valence electrons. The molecule has 0 saturated carbocycles. The van der Waals surface area contributed by atoms with Crippen LogP contribution in [0.1, 0.15) is 45.6 Å². The van der Waals surface area contributed by atoms with Crippen molar-refractivity contribution in [2.45, 2.75) is 69.7 Å². The van der Waals surface area contributed by atoms with E-state index >= 15 is 0 Å². The molecule has 1 N–H and O–H groups in total. The Morgan fingerprint density at radius 1 is 1.28 bits per heavy atom. The van der Waals surface area contributed by atoms with Crippen molar-refractivity contribution < 1.29 is 29.0 Å². The fourth-order valence-corrected chi connectivity index (χ4v) is 7.04. The Morgan fingerprint density at radius 2 is 2.00 bits per heavy atom. The quantitative estimate of drug-likeness (QED) is 0.306. The summed E-state index contributed by atoms with van der Waals surface area (Å²) in [5.41, 5.74) is -1.22. The minimum Gasteiger partial charge on any atom is -0.461 e. The van der Waals surface area contributed by atoms with E-state index in [1.807, 2.05) is 44.2 Å². The highest BCUT2D eigenvalue weighted by Gasteiger charge is 2.80. The number of unbranched alkanes of at least 4 members (excludes halogenated alkanes) is 1. The number of carbonyl (C=O) groups excluding carboxylic acids is 3. The van der Waals surface area contributed by atoms with Crippen LogP contribution in [0.25, 0.3) is 0 Å². The number of aliphatic hydroxyl groups is 1. The number of ether oxygens (including phenoxy) is 2. The van der Waals surface area contributed by atoms with Crippen molar-refractivity contribution in [1.29, 1.82) is 0 Å². The lowest BCUT2D eigenvalue weighted by atomic mass is 9.62. The van der Waals surface area contributed by atoms with Crippen molar-refractivity contribution in [2.75, 3.05) is 26.3 Å². The number of aliphatic hydroxyl groups excluding tert-OH is 1. The van der Waals surface area contributed by atoms with Crippen molar-refractivity contribution in [1.82, 2.24) is 9.80 Å². The van der Waals surface area contributed by atoms with Crippen molar-refractivity contribution in [3.63, 3.8) is 0 Å². The summed E-state index contributed by atoms with van der Waals surface area (Å²) >= 11 is 0. The molecule has 3 saturated heterocycles. The summed E-state index contributed by atoms with van der Waals surface area (Å²) in [4.78, 5) is 45.6. The fourth-order valence-electron chi connectivity index (χ4n) is 7.04. The number of benzene rings is 1. The third-order valence-corrected chi connectivity index (χ3v) is 8.94. The average molecular weight is 539 g/mol. The van der Waals surface area contributed by atoms with Crippen LogP contribution in [0.15, 0.2) is 55.6 Å². The van der Waals surface area contributed by atoms with Gasteiger partial charge in [-0.25, -0.2) is 0 Å². The van der Waals surface area contributed by atoms with Gasteiger partial charge in [-0.05, 0) is 37.7 Å². The van der Waals surface area contributed by atoms with Crippen LogP contribution in [0.5, 0.6) is 0 Å². The van der Waals surface area contributed by atoms with Crippen LogP contribution in [0, 0.1) is 17.8 Å². The molecule has 8 nitrogen and oxygen atoms in total. The first-order valence-electron chi connectivity index (χ1n) is 14.0. The van der Waals surface area contributed by atoms with Crippen LogP contribution in [0.4, 0.5) is 0 Å². The molecule has 3 aliphatic heterocycles. The van der Waals surface area contributed by atoms with E-state index in [0.29, 0.717) is 25.9 Å². The molecule has 4 rings (SSSR count). The lowest BCUT2D eigenvalue weighted by molar-refractivity contribution is -0.163. The largest absolute Gasteiger partial charge is 0.461 e. The van der Waals surface area contributed by atoms with E-state index in [2.05, 4.69) is 20.1 Å². The van der Waals surface area contributed by atoms with Gasteiger partial charge in [-0.15, -0.1) is 6.58 Å². The van der Waals surface area contributed by atoms with Gasteiger partial charge in [-0.2, -0.15) is 0 Å². The number of rotatable bonds is 13. The summed E-state index contributed by atoms with van der Waals surface area (Å²) in [6.07, 6.45) is 5.70. The number of likely N-dealkylation sites (tertiary alicyclic amines) is 1. The summed E-state index contributed by atoms with van der Waals surface area (Å²) in [7, 11) is 0. The van der Waals surface area contributed by atoms with Gasteiger partial charge in [0, 0.05) is 13.1 Å². The number of esters is 1. The second-order valence-corrected chi connectivity index (χ2v) is 11.3. The molecule has 0 aromatic heterocycles. The molecule has 3 heterocycles. The van der Waals surface area contributed by atoms with Crippen LogP contribution in [-0.4, -0.2) is 82.3 Å². The smallest absolute Gasteiger partial charge is 0.313 e. The number of amides is 2. The Bertz CT molecular complexity index is 1090. The lowest BCUT2D eigenvalue weighted by Gasteiger charge is -2.39.